The summed E-state index contributed by atoms with van der Waals surface area (Å²) in [5.74, 6) is -1.38. The molecule has 0 aromatic heterocycles. The van der Waals surface area contributed by atoms with Crippen LogP contribution in [0.4, 0.5) is 8.78 Å². The van der Waals surface area contributed by atoms with Crippen molar-refractivity contribution in [1.82, 2.24) is 5.32 Å². The van der Waals surface area contributed by atoms with Crippen molar-refractivity contribution in [2.45, 2.75) is 13.5 Å². The number of benzene rings is 2. The summed E-state index contributed by atoms with van der Waals surface area (Å²) in [5, 5.41) is 2.56. The van der Waals surface area contributed by atoms with E-state index in [-0.39, 0.29) is 18.0 Å². The van der Waals surface area contributed by atoms with E-state index < -0.39 is 11.6 Å². The first kappa shape index (κ1) is 13.2. The van der Waals surface area contributed by atoms with E-state index in [1.54, 1.807) is 12.1 Å². The van der Waals surface area contributed by atoms with Crippen LogP contribution in [0, 0.1) is 18.6 Å². The average Bonchev–Trinajstić information content (AvgIpc) is 2.40. The number of halogens is 2. The molecule has 0 saturated carbocycles. The Labute approximate surface area is 110 Å². The lowest BCUT2D eigenvalue weighted by Gasteiger charge is -2.07. The van der Waals surface area contributed by atoms with Crippen LogP contribution in [-0.2, 0) is 6.54 Å². The zero-order valence-electron chi connectivity index (χ0n) is 10.4. The highest BCUT2D eigenvalue weighted by molar-refractivity contribution is 5.94. The fraction of sp³-hybridized carbons (Fsp3) is 0.133. The lowest BCUT2D eigenvalue weighted by molar-refractivity contribution is 0.0950. The van der Waals surface area contributed by atoms with Crippen molar-refractivity contribution in [1.29, 1.82) is 0 Å². The Balaban J connectivity index is 2.04. The van der Waals surface area contributed by atoms with Gasteiger partial charge in [0.25, 0.3) is 5.91 Å². The molecular weight excluding hydrogens is 248 g/mol. The summed E-state index contributed by atoms with van der Waals surface area (Å²) in [5.41, 5.74) is 1.66. The molecule has 0 heterocycles. The molecule has 2 aromatic rings. The van der Waals surface area contributed by atoms with E-state index >= 15 is 0 Å². The van der Waals surface area contributed by atoms with Crippen LogP contribution in [-0.4, -0.2) is 5.91 Å². The molecule has 0 aliphatic rings. The van der Waals surface area contributed by atoms with Gasteiger partial charge in [0, 0.05) is 17.7 Å². The number of hydrogen-bond donors (Lipinski definition) is 1. The number of carbonyl (C=O) groups is 1. The molecule has 1 N–H and O–H groups in total. The first-order valence-corrected chi connectivity index (χ1v) is 5.85. The van der Waals surface area contributed by atoms with Gasteiger partial charge in [0.1, 0.15) is 11.6 Å². The number of carbonyl (C=O) groups excluding carboxylic acids is 1. The normalized spacial score (nSPS) is 10.3. The second kappa shape index (κ2) is 5.61. The van der Waals surface area contributed by atoms with Crippen molar-refractivity contribution in [3.8, 4) is 0 Å². The molecule has 19 heavy (non-hydrogen) atoms. The van der Waals surface area contributed by atoms with Gasteiger partial charge in [-0.3, -0.25) is 4.79 Å². The van der Waals surface area contributed by atoms with Crippen LogP contribution in [0.3, 0.4) is 0 Å². The molecule has 0 aliphatic carbocycles. The van der Waals surface area contributed by atoms with Gasteiger partial charge in [0.05, 0.1) is 0 Å². The van der Waals surface area contributed by atoms with Crippen molar-refractivity contribution in [2.24, 2.45) is 0 Å². The number of rotatable bonds is 3. The van der Waals surface area contributed by atoms with Gasteiger partial charge >= 0.3 is 0 Å². The van der Waals surface area contributed by atoms with Crippen LogP contribution in [0.1, 0.15) is 21.5 Å². The van der Waals surface area contributed by atoms with E-state index in [4.69, 9.17) is 0 Å². The smallest absolute Gasteiger partial charge is 0.251 e. The van der Waals surface area contributed by atoms with E-state index in [1.165, 1.54) is 0 Å². The molecule has 0 atom stereocenters. The summed E-state index contributed by atoms with van der Waals surface area (Å²) >= 11 is 0. The van der Waals surface area contributed by atoms with Crippen molar-refractivity contribution in [3.63, 3.8) is 0 Å². The molecular formula is C15H13F2NO. The molecule has 0 fully saturated rings. The summed E-state index contributed by atoms with van der Waals surface area (Å²) in [4.78, 5) is 11.8. The Morgan fingerprint density at radius 1 is 1.11 bits per heavy atom. The average molecular weight is 261 g/mol. The molecule has 4 heteroatoms. The van der Waals surface area contributed by atoms with Crippen LogP contribution in [0.5, 0.6) is 0 Å². The molecule has 2 nitrogen and oxygen atoms in total. The van der Waals surface area contributed by atoms with Gasteiger partial charge in [0.15, 0.2) is 0 Å². The molecule has 2 rings (SSSR count). The molecule has 1 amide bonds. The van der Waals surface area contributed by atoms with E-state index in [0.29, 0.717) is 5.56 Å². The van der Waals surface area contributed by atoms with Crippen LogP contribution in [0.25, 0.3) is 0 Å². The lowest BCUT2D eigenvalue weighted by atomic mass is 10.1. The van der Waals surface area contributed by atoms with Crippen molar-refractivity contribution >= 4 is 5.91 Å². The first-order valence-electron chi connectivity index (χ1n) is 5.85. The molecule has 0 bridgehead atoms. The van der Waals surface area contributed by atoms with E-state index in [1.807, 2.05) is 19.1 Å². The number of nitrogens with one attached hydrogen (secondary N) is 1. The second-order valence-corrected chi connectivity index (χ2v) is 4.28. The van der Waals surface area contributed by atoms with Crippen LogP contribution in [0.2, 0.25) is 0 Å². The number of hydrogen-bond acceptors (Lipinski definition) is 1. The highest BCUT2D eigenvalue weighted by atomic mass is 19.1. The zero-order valence-corrected chi connectivity index (χ0v) is 10.4. The van der Waals surface area contributed by atoms with E-state index in [2.05, 4.69) is 5.32 Å². The Morgan fingerprint density at radius 2 is 1.79 bits per heavy atom. The molecule has 0 saturated heterocycles. The second-order valence-electron chi connectivity index (χ2n) is 4.28. The molecule has 98 valence electrons. The van der Waals surface area contributed by atoms with Crippen LogP contribution >= 0.6 is 0 Å². The first-order chi connectivity index (χ1) is 9.06. The minimum absolute atomic E-state index is 0.0453. The molecule has 2 aromatic carbocycles. The van der Waals surface area contributed by atoms with Gasteiger partial charge in [0.2, 0.25) is 0 Å². The Hall–Kier alpha value is -2.23. The summed E-state index contributed by atoms with van der Waals surface area (Å²) in [7, 11) is 0. The van der Waals surface area contributed by atoms with Crippen molar-refractivity contribution in [3.05, 3.63) is 70.8 Å². The minimum Gasteiger partial charge on any atom is -0.348 e. The fourth-order valence-electron chi connectivity index (χ4n) is 1.66. The highest BCUT2D eigenvalue weighted by Gasteiger charge is 2.08. The molecule has 0 aliphatic heterocycles. The molecule has 0 radical (unpaired) electrons. The Morgan fingerprint density at radius 3 is 2.47 bits per heavy atom. The van der Waals surface area contributed by atoms with Gasteiger partial charge in [-0.15, -0.1) is 0 Å². The van der Waals surface area contributed by atoms with Gasteiger partial charge < -0.3 is 5.32 Å². The van der Waals surface area contributed by atoms with Gasteiger partial charge in [-0.25, -0.2) is 8.78 Å². The lowest BCUT2D eigenvalue weighted by Crippen LogP contribution is -2.23. The summed E-state index contributed by atoms with van der Waals surface area (Å²) in [6.45, 7) is 1.88. The maximum Gasteiger partial charge on any atom is 0.251 e. The summed E-state index contributed by atoms with van der Waals surface area (Å²) < 4.78 is 26.3. The van der Waals surface area contributed by atoms with Crippen molar-refractivity contribution < 1.29 is 13.6 Å². The third-order valence-corrected chi connectivity index (χ3v) is 2.76. The monoisotopic (exact) mass is 261 g/mol. The van der Waals surface area contributed by atoms with Crippen LogP contribution < -0.4 is 5.32 Å². The van der Waals surface area contributed by atoms with Gasteiger partial charge in [-0.05, 0) is 37.3 Å². The van der Waals surface area contributed by atoms with E-state index in [9.17, 15) is 13.6 Å². The quantitative estimate of drug-likeness (QED) is 0.903. The van der Waals surface area contributed by atoms with Crippen LogP contribution in [0.15, 0.2) is 42.5 Å². The van der Waals surface area contributed by atoms with Gasteiger partial charge in [-0.1, -0.05) is 17.7 Å². The predicted octanol–water partition coefficient (Wildman–Crippen LogP) is 3.20. The molecule has 0 spiro atoms. The predicted molar refractivity (Wildman–Crippen MR) is 68.7 cm³/mol. The topological polar surface area (TPSA) is 29.1 Å². The summed E-state index contributed by atoms with van der Waals surface area (Å²) in [6.07, 6.45) is 0. The summed E-state index contributed by atoms with van der Waals surface area (Å²) in [6, 6.07) is 10.2. The highest BCUT2D eigenvalue weighted by Crippen LogP contribution is 2.10. The van der Waals surface area contributed by atoms with E-state index in [0.717, 1.165) is 23.8 Å². The minimum atomic E-state index is -0.536. The number of amides is 1. The fourth-order valence-corrected chi connectivity index (χ4v) is 1.66. The maximum atomic E-state index is 13.4. The SMILES string of the molecule is Cc1ccc(C(=O)NCc2cc(F)ccc2F)cc1. The Kier molecular flexibility index (Phi) is 3.90. The van der Waals surface area contributed by atoms with Crippen molar-refractivity contribution in [2.75, 3.05) is 0 Å². The zero-order chi connectivity index (χ0) is 13.8. The molecule has 0 unspecified atom stereocenters. The standard InChI is InChI=1S/C15H13F2NO/c1-10-2-4-11(5-3-10)15(19)18-9-12-8-13(16)6-7-14(12)17/h2-8H,9H2,1H3,(H,18,19). The Bertz CT molecular complexity index is 594. The van der Waals surface area contributed by atoms with Gasteiger partial charge in [-0.2, -0.15) is 0 Å². The number of aryl methyl sites for hydroxylation is 1. The third kappa shape index (κ3) is 3.37. The largest absolute Gasteiger partial charge is 0.348 e. The third-order valence-electron chi connectivity index (χ3n) is 2.76. The maximum absolute atomic E-state index is 13.4.